The molecule has 3 nitrogen and oxygen atoms in total. The van der Waals surface area contributed by atoms with Crippen molar-refractivity contribution in [1.82, 2.24) is 0 Å². The molecule has 0 radical (unpaired) electrons. The van der Waals surface area contributed by atoms with Crippen LogP contribution in [0.25, 0.3) is 0 Å². The van der Waals surface area contributed by atoms with Crippen LogP contribution in [-0.2, 0) is 9.47 Å². The number of hydrogen-bond acceptors (Lipinski definition) is 3. The average Bonchev–Trinajstić information content (AvgIpc) is 2.87. The summed E-state index contributed by atoms with van der Waals surface area (Å²) in [5.41, 5.74) is 2.11. The number of rotatable bonds is 6. The van der Waals surface area contributed by atoms with Crippen LogP contribution in [-0.4, -0.2) is 45.3 Å². The molecule has 13 heavy (non-hydrogen) atoms. The molecule has 1 N–H and O–H groups in total. The van der Waals surface area contributed by atoms with E-state index in [9.17, 15) is 0 Å². The molecule has 1 heterocycles. The van der Waals surface area contributed by atoms with E-state index in [4.69, 9.17) is 14.6 Å². The van der Waals surface area contributed by atoms with Crippen LogP contribution in [0.15, 0.2) is 11.8 Å². The predicted octanol–water partition coefficient (Wildman–Crippen LogP) is 0.737. The SMILES string of the molecule is C[Si](C)(C=CCOCC1CO1)CO. The third-order valence-corrected chi connectivity index (χ3v) is 3.85. The van der Waals surface area contributed by atoms with Crippen molar-refractivity contribution < 1.29 is 14.6 Å². The maximum Gasteiger partial charge on any atom is 0.104 e. The summed E-state index contributed by atoms with van der Waals surface area (Å²) in [7, 11) is -1.48. The highest BCUT2D eigenvalue weighted by atomic mass is 28.3. The van der Waals surface area contributed by atoms with Crippen LogP contribution in [0.1, 0.15) is 0 Å². The Bertz CT molecular complexity index is 176. The fraction of sp³-hybridized carbons (Fsp3) is 0.778. The van der Waals surface area contributed by atoms with Gasteiger partial charge in [-0.25, -0.2) is 0 Å². The topological polar surface area (TPSA) is 42.0 Å². The zero-order valence-corrected chi connectivity index (χ0v) is 9.32. The lowest BCUT2D eigenvalue weighted by molar-refractivity contribution is 0.141. The second-order valence-corrected chi connectivity index (χ2v) is 8.67. The van der Waals surface area contributed by atoms with Crippen molar-refractivity contribution >= 4 is 8.07 Å². The van der Waals surface area contributed by atoms with E-state index in [2.05, 4.69) is 18.8 Å². The van der Waals surface area contributed by atoms with Gasteiger partial charge in [0, 0.05) is 6.23 Å². The zero-order valence-electron chi connectivity index (χ0n) is 8.32. The molecule has 0 aromatic carbocycles. The standard InChI is InChI=1S/C9H18O3Si/c1-13(2,8-10)5-3-4-11-6-9-7-12-9/h3,5,9-10H,4,6-8H2,1-2H3. The molecule has 0 spiro atoms. The Kier molecular flexibility index (Phi) is 4.12. The summed E-state index contributed by atoms with van der Waals surface area (Å²) < 4.78 is 10.3. The first-order chi connectivity index (χ1) is 6.14. The van der Waals surface area contributed by atoms with Crippen LogP contribution in [0, 0.1) is 0 Å². The third-order valence-electron chi connectivity index (χ3n) is 1.90. The number of aliphatic hydroxyl groups is 1. The summed E-state index contributed by atoms with van der Waals surface area (Å²) in [5.74, 6) is 0. The van der Waals surface area contributed by atoms with Crippen LogP contribution in [0.3, 0.4) is 0 Å². The normalized spacial score (nSPS) is 22.5. The molecular formula is C9H18O3Si. The molecule has 1 fully saturated rings. The second kappa shape index (κ2) is 4.90. The molecule has 0 aromatic heterocycles. The largest absolute Gasteiger partial charge is 0.399 e. The molecule has 76 valence electrons. The molecular weight excluding hydrogens is 184 g/mol. The van der Waals surface area contributed by atoms with E-state index in [1.807, 2.05) is 6.08 Å². The Morgan fingerprint density at radius 3 is 2.85 bits per heavy atom. The first kappa shape index (κ1) is 10.9. The quantitative estimate of drug-likeness (QED) is 0.392. The van der Waals surface area contributed by atoms with Crippen LogP contribution in [0.2, 0.25) is 13.1 Å². The summed E-state index contributed by atoms with van der Waals surface area (Å²) in [6, 6.07) is 0. The minimum absolute atomic E-state index is 0.301. The van der Waals surface area contributed by atoms with Gasteiger partial charge in [-0.2, -0.15) is 0 Å². The van der Waals surface area contributed by atoms with E-state index in [0.29, 0.717) is 25.5 Å². The molecule has 1 aliphatic rings. The van der Waals surface area contributed by atoms with Gasteiger partial charge in [0.2, 0.25) is 0 Å². The minimum Gasteiger partial charge on any atom is -0.399 e. The molecule has 1 rings (SSSR count). The van der Waals surface area contributed by atoms with Crippen LogP contribution < -0.4 is 0 Å². The highest BCUT2D eigenvalue weighted by Gasteiger charge is 2.21. The maximum atomic E-state index is 9.00. The Hall–Kier alpha value is -0.163. The number of aliphatic hydroxyl groups excluding tert-OH is 1. The van der Waals surface area contributed by atoms with Gasteiger partial charge in [0.15, 0.2) is 0 Å². The molecule has 0 amide bonds. The summed E-state index contributed by atoms with van der Waals surface area (Å²) in [5, 5.41) is 9.00. The fourth-order valence-corrected chi connectivity index (χ4v) is 1.69. The molecule has 0 aromatic rings. The van der Waals surface area contributed by atoms with Gasteiger partial charge in [-0.3, -0.25) is 0 Å². The van der Waals surface area contributed by atoms with Crippen molar-refractivity contribution in [3.63, 3.8) is 0 Å². The highest BCUT2D eigenvalue weighted by Crippen LogP contribution is 2.08. The second-order valence-electron chi connectivity index (χ2n) is 4.04. The Labute approximate surface area is 80.4 Å². The Morgan fingerprint density at radius 2 is 2.31 bits per heavy atom. The van der Waals surface area contributed by atoms with E-state index >= 15 is 0 Å². The number of epoxide rings is 1. The van der Waals surface area contributed by atoms with Gasteiger partial charge in [-0.05, 0) is 0 Å². The van der Waals surface area contributed by atoms with E-state index in [-0.39, 0.29) is 0 Å². The smallest absolute Gasteiger partial charge is 0.104 e. The van der Waals surface area contributed by atoms with Gasteiger partial charge >= 0.3 is 0 Å². The molecule has 1 unspecified atom stereocenters. The van der Waals surface area contributed by atoms with Gasteiger partial charge in [0.05, 0.1) is 19.8 Å². The predicted molar refractivity (Wildman–Crippen MR) is 54.3 cm³/mol. The molecule has 0 saturated carbocycles. The van der Waals surface area contributed by atoms with Crippen molar-refractivity contribution in [2.24, 2.45) is 0 Å². The van der Waals surface area contributed by atoms with Crippen molar-refractivity contribution in [3.8, 4) is 0 Å². The zero-order chi connectivity index (χ0) is 9.73. The van der Waals surface area contributed by atoms with E-state index in [1.165, 1.54) is 0 Å². The number of hydrogen-bond donors (Lipinski definition) is 1. The van der Waals surface area contributed by atoms with Gasteiger partial charge in [0.1, 0.15) is 14.2 Å². The van der Waals surface area contributed by atoms with Crippen molar-refractivity contribution in [3.05, 3.63) is 11.8 Å². The van der Waals surface area contributed by atoms with E-state index in [1.54, 1.807) is 0 Å². The molecule has 0 bridgehead atoms. The van der Waals surface area contributed by atoms with Crippen LogP contribution >= 0.6 is 0 Å². The first-order valence-electron chi connectivity index (χ1n) is 4.62. The molecule has 1 aliphatic heterocycles. The van der Waals surface area contributed by atoms with Crippen LogP contribution in [0.5, 0.6) is 0 Å². The van der Waals surface area contributed by atoms with Crippen molar-refractivity contribution in [2.75, 3.05) is 26.1 Å². The van der Waals surface area contributed by atoms with Gasteiger partial charge < -0.3 is 14.6 Å². The molecule has 0 aliphatic carbocycles. The Balaban J connectivity index is 2.02. The summed E-state index contributed by atoms with van der Waals surface area (Å²) in [6.45, 7) is 6.42. The number of ether oxygens (including phenoxy) is 2. The highest BCUT2D eigenvalue weighted by molar-refractivity contribution is 6.82. The fourth-order valence-electron chi connectivity index (χ4n) is 0.852. The maximum absolute atomic E-state index is 9.00. The first-order valence-corrected chi connectivity index (χ1v) is 7.90. The van der Waals surface area contributed by atoms with E-state index < -0.39 is 8.07 Å². The van der Waals surface area contributed by atoms with Gasteiger partial charge in [-0.1, -0.05) is 24.9 Å². The molecule has 1 saturated heterocycles. The third kappa shape index (κ3) is 5.20. The lowest BCUT2D eigenvalue weighted by Crippen LogP contribution is -2.28. The van der Waals surface area contributed by atoms with Gasteiger partial charge in [0.25, 0.3) is 0 Å². The monoisotopic (exact) mass is 202 g/mol. The summed E-state index contributed by atoms with van der Waals surface area (Å²) in [6.07, 6.45) is 2.65. The minimum atomic E-state index is -1.48. The summed E-state index contributed by atoms with van der Waals surface area (Å²) in [4.78, 5) is 0. The van der Waals surface area contributed by atoms with Gasteiger partial charge in [-0.15, -0.1) is 0 Å². The average molecular weight is 202 g/mol. The lowest BCUT2D eigenvalue weighted by Gasteiger charge is -2.12. The van der Waals surface area contributed by atoms with Crippen molar-refractivity contribution in [2.45, 2.75) is 19.2 Å². The Morgan fingerprint density at radius 1 is 1.62 bits per heavy atom. The molecule has 1 atom stereocenters. The lowest BCUT2D eigenvalue weighted by atomic mass is 10.5. The van der Waals surface area contributed by atoms with E-state index in [0.717, 1.165) is 6.61 Å². The molecule has 4 heteroatoms. The van der Waals surface area contributed by atoms with Crippen LogP contribution in [0.4, 0.5) is 0 Å². The summed E-state index contributed by atoms with van der Waals surface area (Å²) >= 11 is 0. The van der Waals surface area contributed by atoms with Crippen molar-refractivity contribution in [1.29, 1.82) is 0 Å².